The van der Waals surface area contributed by atoms with Crippen LogP contribution < -0.4 is 4.72 Å². The van der Waals surface area contributed by atoms with Gasteiger partial charge in [0.15, 0.2) is 0 Å². The van der Waals surface area contributed by atoms with Crippen molar-refractivity contribution in [1.29, 1.82) is 0 Å². The molecule has 5 nitrogen and oxygen atoms in total. The third kappa shape index (κ3) is 3.77. The summed E-state index contributed by atoms with van der Waals surface area (Å²) in [5, 5.41) is 17.4. The van der Waals surface area contributed by atoms with Crippen molar-refractivity contribution in [2.75, 3.05) is 0 Å². The van der Waals surface area contributed by atoms with Crippen LogP contribution in [-0.4, -0.2) is 32.8 Å². The van der Waals surface area contributed by atoms with Crippen molar-refractivity contribution < 1.29 is 9.63 Å². The lowest BCUT2D eigenvalue weighted by molar-refractivity contribution is 0.121. The van der Waals surface area contributed by atoms with Crippen molar-refractivity contribution in [3.8, 4) is 11.1 Å². The molecule has 2 aromatic heterocycles. The highest BCUT2D eigenvalue weighted by Crippen LogP contribution is 2.37. The molecule has 1 unspecified atom stereocenters. The van der Waals surface area contributed by atoms with Gasteiger partial charge >= 0.3 is 0 Å². The van der Waals surface area contributed by atoms with Gasteiger partial charge in [0.25, 0.3) is 0 Å². The van der Waals surface area contributed by atoms with Crippen LogP contribution in [0.15, 0.2) is 39.9 Å². The maximum Gasteiger partial charge on any atom is 0.141 e. The van der Waals surface area contributed by atoms with E-state index in [1.54, 1.807) is 0 Å². The quantitative estimate of drug-likeness (QED) is 0.621. The van der Waals surface area contributed by atoms with Crippen LogP contribution in [0.4, 0.5) is 0 Å². The number of hydrogen-bond acceptors (Lipinski definition) is 5. The third-order valence-corrected chi connectivity index (χ3v) is 7.34. The van der Waals surface area contributed by atoms with Gasteiger partial charge in [0, 0.05) is 28.1 Å². The van der Waals surface area contributed by atoms with Crippen LogP contribution in [0.3, 0.4) is 0 Å². The molecule has 2 heterocycles. The summed E-state index contributed by atoms with van der Waals surface area (Å²) < 4.78 is 9.24. The first-order chi connectivity index (χ1) is 13.6. The van der Waals surface area contributed by atoms with E-state index < -0.39 is 0 Å². The number of benzene rings is 1. The van der Waals surface area contributed by atoms with Crippen molar-refractivity contribution in [2.45, 2.75) is 63.5 Å². The van der Waals surface area contributed by atoms with E-state index in [9.17, 15) is 5.11 Å². The smallest absolute Gasteiger partial charge is 0.141 e. The van der Waals surface area contributed by atoms with Gasteiger partial charge in [-0.3, -0.25) is 9.71 Å². The molecule has 28 heavy (non-hydrogen) atoms. The number of aromatic nitrogens is 2. The maximum absolute atomic E-state index is 9.81. The van der Waals surface area contributed by atoms with E-state index in [1.807, 2.05) is 26.1 Å². The van der Waals surface area contributed by atoms with E-state index in [-0.39, 0.29) is 16.8 Å². The first-order valence-electron chi connectivity index (χ1n) is 9.85. The van der Waals surface area contributed by atoms with Gasteiger partial charge in [0.2, 0.25) is 0 Å². The summed E-state index contributed by atoms with van der Waals surface area (Å²) >= 11 is 0. The first kappa shape index (κ1) is 19.3. The Hall–Kier alpha value is -2.02. The molecule has 0 amide bonds. The first-order valence-corrected chi connectivity index (χ1v) is 11.1. The average Bonchev–Trinajstić information content (AvgIpc) is 3.05. The fourth-order valence-electron chi connectivity index (χ4n) is 4.00. The predicted molar refractivity (Wildman–Crippen MR) is 116 cm³/mol. The van der Waals surface area contributed by atoms with Crippen LogP contribution in [0, 0.1) is 13.8 Å². The predicted octanol–water partition coefficient (Wildman–Crippen LogP) is 4.76. The molecule has 0 aliphatic heterocycles. The van der Waals surface area contributed by atoms with Gasteiger partial charge < -0.3 is 9.63 Å². The zero-order valence-electron chi connectivity index (χ0n) is 16.6. The molecule has 0 radical (unpaired) electrons. The number of aryl methyl sites for hydroxylation is 2. The van der Waals surface area contributed by atoms with Gasteiger partial charge in [0.1, 0.15) is 5.76 Å². The van der Waals surface area contributed by atoms with Gasteiger partial charge in [-0.05, 0) is 75.6 Å². The zero-order valence-corrected chi connectivity index (χ0v) is 17.4. The Morgan fingerprint density at radius 1 is 1.21 bits per heavy atom. The molecule has 4 rings (SSSR count). The SMILES string of the molecule is C/C=S(\NC1CCC(O)CC1)c1cc(-c2c(C)noc2C)cc2ncccc12. The summed E-state index contributed by atoms with van der Waals surface area (Å²) in [5.41, 5.74) is 4.02. The Balaban J connectivity index is 1.78. The maximum atomic E-state index is 9.81. The van der Waals surface area contributed by atoms with Crippen LogP contribution in [-0.2, 0) is 0 Å². The second-order valence-corrected chi connectivity index (χ2v) is 9.26. The van der Waals surface area contributed by atoms with Crippen molar-refractivity contribution in [1.82, 2.24) is 14.9 Å². The Morgan fingerprint density at radius 3 is 2.68 bits per heavy atom. The topological polar surface area (TPSA) is 71.2 Å². The Kier molecular flexibility index (Phi) is 5.62. The molecule has 3 aromatic rings. The van der Waals surface area contributed by atoms with E-state index >= 15 is 0 Å². The van der Waals surface area contributed by atoms with E-state index in [4.69, 9.17) is 4.52 Å². The van der Waals surface area contributed by atoms with Gasteiger partial charge in [-0.25, -0.2) is 0 Å². The van der Waals surface area contributed by atoms with Crippen molar-refractivity contribution in [2.24, 2.45) is 0 Å². The van der Waals surface area contributed by atoms with E-state index in [0.717, 1.165) is 53.8 Å². The summed E-state index contributed by atoms with van der Waals surface area (Å²) in [6.07, 6.45) is 5.47. The van der Waals surface area contributed by atoms with Gasteiger partial charge in [-0.2, -0.15) is 0 Å². The van der Waals surface area contributed by atoms with Crippen molar-refractivity contribution in [3.05, 3.63) is 41.9 Å². The lowest BCUT2D eigenvalue weighted by Gasteiger charge is -2.28. The Bertz CT molecular complexity index is 1000. The highest BCUT2D eigenvalue weighted by molar-refractivity contribution is 8.13. The second kappa shape index (κ2) is 8.15. The van der Waals surface area contributed by atoms with Crippen LogP contribution in [0.25, 0.3) is 22.0 Å². The van der Waals surface area contributed by atoms with Gasteiger partial charge in [-0.15, -0.1) is 0 Å². The van der Waals surface area contributed by atoms with Crippen LogP contribution in [0.5, 0.6) is 0 Å². The molecule has 2 N–H and O–H groups in total. The minimum atomic E-state index is -0.211. The third-order valence-electron chi connectivity index (χ3n) is 5.47. The number of nitrogens with zero attached hydrogens (tertiary/aromatic N) is 2. The highest BCUT2D eigenvalue weighted by Gasteiger charge is 2.21. The molecule has 1 atom stereocenters. The van der Waals surface area contributed by atoms with E-state index in [1.165, 1.54) is 10.3 Å². The molecule has 1 aromatic carbocycles. The zero-order chi connectivity index (χ0) is 19.7. The number of fused-ring (bicyclic) bond motifs is 1. The fourth-order valence-corrected chi connectivity index (χ4v) is 5.78. The molecule has 1 saturated carbocycles. The molecular weight excluding hydrogens is 370 g/mol. The van der Waals surface area contributed by atoms with Crippen molar-refractivity contribution >= 4 is 26.9 Å². The average molecular weight is 398 g/mol. The highest BCUT2D eigenvalue weighted by atomic mass is 32.2. The van der Waals surface area contributed by atoms with Gasteiger partial charge in [-0.1, -0.05) is 21.9 Å². The van der Waals surface area contributed by atoms with E-state index in [2.05, 4.69) is 45.4 Å². The van der Waals surface area contributed by atoms with Gasteiger partial charge in [0.05, 0.1) is 17.3 Å². The normalized spacial score (nSPS) is 21.3. The molecule has 0 bridgehead atoms. The number of pyridine rings is 1. The molecule has 0 saturated heterocycles. The monoisotopic (exact) mass is 397 g/mol. The fraction of sp³-hybridized carbons (Fsp3) is 0.409. The Morgan fingerprint density at radius 2 is 2.00 bits per heavy atom. The minimum absolute atomic E-state index is 0.140. The van der Waals surface area contributed by atoms with Crippen LogP contribution >= 0.6 is 10.7 Å². The summed E-state index contributed by atoms with van der Waals surface area (Å²) in [6, 6.07) is 8.95. The number of aliphatic hydroxyl groups is 1. The van der Waals surface area contributed by atoms with Crippen LogP contribution in [0.1, 0.15) is 44.1 Å². The molecule has 1 fully saturated rings. The number of rotatable bonds is 4. The Labute approximate surface area is 168 Å². The largest absolute Gasteiger partial charge is 0.393 e. The number of aliphatic hydroxyl groups excluding tert-OH is 1. The summed E-state index contributed by atoms with van der Waals surface area (Å²) in [4.78, 5) is 5.87. The second-order valence-electron chi connectivity index (χ2n) is 7.44. The molecule has 148 valence electrons. The molecular formula is C22H27N3O2S. The van der Waals surface area contributed by atoms with E-state index in [0.29, 0.717) is 6.04 Å². The lowest BCUT2D eigenvalue weighted by atomic mass is 9.94. The standard InChI is InChI=1S/C22H27N3O2S/c1-4-28(25-17-7-9-18(26)10-8-17)21-13-16(22-14(2)24-27-15(22)3)12-20-19(21)6-5-11-23-20/h4-6,11-13,17-18,25-26H,7-10H2,1-3H3. The lowest BCUT2D eigenvalue weighted by Crippen LogP contribution is -2.31. The summed E-state index contributed by atoms with van der Waals surface area (Å²) in [7, 11) is -0.211. The molecule has 6 heteroatoms. The summed E-state index contributed by atoms with van der Waals surface area (Å²) in [6.45, 7) is 6.04. The minimum Gasteiger partial charge on any atom is -0.393 e. The molecule has 0 spiro atoms. The number of nitrogens with one attached hydrogen (secondary N) is 1. The van der Waals surface area contributed by atoms with Crippen molar-refractivity contribution in [3.63, 3.8) is 0 Å². The molecule has 1 aliphatic carbocycles. The number of hydrogen-bond donors (Lipinski definition) is 2. The summed E-state index contributed by atoms with van der Waals surface area (Å²) in [5.74, 6) is 0.827. The van der Waals surface area contributed by atoms with Crippen LogP contribution in [0.2, 0.25) is 0 Å². The molecule has 1 aliphatic rings.